The Bertz CT molecular complexity index is 1170. The van der Waals surface area contributed by atoms with Gasteiger partial charge >= 0.3 is 6.18 Å². The predicted molar refractivity (Wildman–Crippen MR) is 123 cm³/mol. The van der Waals surface area contributed by atoms with E-state index in [1.165, 1.54) is 0 Å². The predicted octanol–water partition coefficient (Wildman–Crippen LogP) is 4.25. The van der Waals surface area contributed by atoms with Crippen LogP contribution in [0.3, 0.4) is 0 Å². The van der Waals surface area contributed by atoms with Crippen LogP contribution < -0.4 is 10.6 Å². The number of alkyl halides is 3. The molecule has 1 saturated heterocycles. The van der Waals surface area contributed by atoms with E-state index in [1.807, 2.05) is 17.0 Å². The molecule has 2 aromatic rings. The lowest BCUT2D eigenvalue weighted by molar-refractivity contribution is -0.388. The maximum absolute atomic E-state index is 13.3. The summed E-state index contributed by atoms with van der Waals surface area (Å²) in [6.45, 7) is 2.45. The van der Waals surface area contributed by atoms with Crippen molar-refractivity contribution in [1.82, 2.24) is 4.90 Å². The van der Waals surface area contributed by atoms with Gasteiger partial charge in [-0.1, -0.05) is 17.7 Å². The second-order valence-corrected chi connectivity index (χ2v) is 9.13. The lowest BCUT2D eigenvalue weighted by Crippen LogP contribution is -2.48. The van der Waals surface area contributed by atoms with E-state index in [-0.39, 0.29) is 10.5 Å². The number of carbonyl (C=O) groups excluding carboxylic acids is 1. The molecular formula is C21H19ClF3N5O3S. The highest BCUT2D eigenvalue weighted by atomic mass is 35.5. The van der Waals surface area contributed by atoms with Gasteiger partial charge in [-0.25, -0.2) is 4.99 Å². The monoisotopic (exact) mass is 513 g/mol. The largest absolute Gasteiger partial charge is 0.416 e. The number of amidine groups is 1. The Morgan fingerprint density at radius 3 is 2.47 bits per heavy atom. The first-order valence-electron chi connectivity index (χ1n) is 10.2. The lowest BCUT2D eigenvalue weighted by Gasteiger charge is -2.39. The van der Waals surface area contributed by atoms with Gasteiger partial charge in [0.25, 0.3) is 5.69 Å². The van der Waals surface area contributed by atoms with Crippen LogP contribution in [0.5, 0.6) is 0 Å². The van der Waals surface area contributed by atoms with E-state index < -0.39 is 28.4 Å². The maximum atomic E-state index is 13.3. The number of aldehydes is 1. The van der Waals surface area contributed by atoms with E-state index >= 15 is 0 Å². The number of thioether (sulfide) groups is 1. The molecule has 1 atom stereocenters. The summed E-state index contributed by atoms with van der Waals surface area (Å²) in [5.74, 6) is 0. The SMILES string of the molecule is NCc1ccc(Cl)cc1N1CCN(C2=NC(C=O)c3cc(C(F)(F)F)cc([N+](=O)[O-])c3S2)CC1. The molecule has 0 saturated carbocycles. The molecule has 4 rings (SSSR count). The summed E-state index contributed by atoms with van der Waals surface area (Å²) in [7, 11) is 0. The van der Waals surface area contributed by atoms with Crippen molar-refractivity contribution in [3.63, 3.8) is 0 Å². The summed E-state index contributed by atoms with van der Waals surface area (Å²) in [6.07, 6.45) is -4.39. The molecule has 180 valence electrons. The number of halogens is 4. The first-order chi connectivity index (χ1) is 16.1. The molecular weight excluding hydrogens is 495 g/mol. The molecule has 0 bridgehead atoms. The number of nitro benzene ring substituents is 1. The zero-order chi connectivity index (χ0) is 24.6. The number of anilines is 1. The highest BCUT2D eigenvalue weighted by Gasteiger charge is 2.38. The van der Waals surface area contributed by atoms with Crippen molar-refractivity contribution < 1.29 is 22.9 Å². The first-order valence-corrected chi connectivity index (χ1v) is 11.4. The molecule has 8 nitrogen and oxygen atoms in total. The number of hydrogen-bond acceptors (Lipinski definition) is 8. The quantitative estimate of drug-likeness (QED) is 0.370. The van der Waals surface area contributed by atoms with Gasteiger partial charge in [-0.15, -0.1) is 0 Å². The van der Waals surface area contributed by atoms with Crippen molar-refractivity contribution in [2.24, 2.45) is 10.7 Å². The molecule has 0 spiro atoms. The summed E-state index contributed by atoms with van der Waals surface area (Å²) < 4.78 is 39.8. The first kappa shape index (κ1) is 24.3. The van der Waals surface area contributed by atoms with Crippen LogP contribution in [0.1, 0.15) is 22.7 Å². The van der Waals surface area contributed by atoms with Crippen LogP contribution in [0.4, 0.5) is 24.5 Å². The molecule has 0 aliphatic carbocycles. The van der Waals surface area contributed by atoms with E-state index in [0.29, 0.717) is 55.3 Å². The molecule has 13 heteroatoms. The van der Waals surface area contributed by atoms with Gasteiger partial charge in [-0.2, -0.15) is 13.2 Å². The van der Waals surface area contributed by atoms with Crippen molar-refractivity contribution in [1.29, 1.82) is 0 Å². The van der Waals surface area contributed by atoms with Gasteiger partial charge in [-0.05, 0) is 35.5 Å². The molecule has 2 aromatic carbocycles. The Kier molecular flexibility index (Phi) is 6.74. The van der Waals surface area contributed by atoms with E-state index in [2.05, 4.69) is 9.89 Å². The van der Waals surface area contributed by atoms with Gasteiger partial charge in [-0.3, -0.25) is 10.1 Å². The van der Waals surface area contributed by atoms with Crippen molar-refractivity contribution in [2.75, 3.05) is 31.1 Å². The normalized spacial score (nSPS) is 18.4. The highest BCUT2D eigenvalue weighted by Crippen LogP contribution is 2.45. The van der Waals surface area contributed by atoms with Crippen LogP contribution in [-0.4, -0.2) is 47.5 Å². The zero-order valence-electron chi connectivity index (χ0n) is 17.6. The van der Waals surface area contributed by atoms with Crippen LogP contribution in [0, 0.1) is 10.1 Å². The highest BCUT2D eigenvalue weighted by molar-refractivity contribution is 8.14. The van der Waals surface area contributed by atoms with E-state index in [1.54, 1.807) is 6.07 Å². The average Bonchev–Trinajstić information content (AvgIpc) is 2.82. The molecule has 1 unspecified atom stereocenters. The van der Waals surface area contributed by atoms with Gasteiger partial charge in [0.1, 0.15) is 12.3 Å². The van der Waals surface area contributed by atoms with Gasteiger partial charge in [0, 0.05) is 55.1 Å². The van der Waals surface area contributed by atoms with Gasteiger partial charge < -0.3 is 20.3 Å². The fraction of sp³-hybridized carbons (Fsp3) is 0.333. The number of nitrogens with two attached hydrogens (primary N) is 1. The third-order valence-electron chi connectivity index (χ3n) is 5.67. The summed E-state index contributed by atoms with van der Waals surface area (Å²) in [4.78, 5) is 30.7. The third-order valence-corrected chi connectivity index (χ3v) is 7.10. The maximum Gasteiger partial charge on any atom is 0.416 e. The average molecular weight is 514 g/mol. The molecule has 0 radical (unpaired) electrons. The molecule has 0 amide bonds. The number of hydrogen-bond donors (Lipinski definition) is 1. The molecule has 0 aromatic heterocycles. The van der Waals surface area contributed by atoms with Crippen molar-refractivity contribution in [3.8, 4) is 0 Å². The van der Waals surface area contributed by atoms with Gasteiger partial charge in [0.15, 0.2) is 5.17 Å². The summed E-state index contributed by atoms with van der Waals surface area (Å²) in [6, 6.07) is 5.48. The van der Waals surface area contributed by atoms with E-state index in [0.717, 1.165) is 29.1 Å². The number of rotatable bonds is 4. The minimum atomic E-state index is -4.79. The Morgan fingerprint density at radius 1 is 1.21 bits per heavy atom. The van der Waals surface area contributed by atoms with Crippen LogP contribution in [0.15, 0.2) is 40.2 Å². The van der Waals surface area contributed by atoms with Crippen LogP contribution in [0.2, 0.25) is 5.02 Å². The lowest BCUT2D eigenvalue weighted by atomic mass is 10.0. The summed E-state index contributed by atoms with van der Waals surface area (Å²) in [5, 5.41) is 12.5. The smallest absolute Gasteiger partial charge is 0.368 e. The summed E-state index contributed by atoms with van der Waals surface area (Å²) >= 11 is 7.06. The van der Waals surface area contributed by atoms with Crippen molar-refractivity contribution in [3.05, 3.63) is 62.2 Å². The number of benzene rings is 2. The topological polar surface area (TPSA) is 105 Å². The minimum absolute atomic E-state index is 0.00258. The number of carbonyl (C=O) groups is 1. The van der Waals surface area contributed by atoms with E-state index in [4.69, 9.17) is 17.3 Å². The number of piperazine rings is 1. The molecule has 2 aliphatic rings. The molecule has 2 heterocycles. The Labute approximate surface area is 201 Å². The fourth-order valence-corrected chi connectivity index (χ4v) is 5.33. The number of nitro groups is 1. The second-order valence-electron chi connectivity index (χ2n) is 7.71. The second kappa shape index (κ2) is 9.43. The zero-order valence-corrected chi connectivity index (χ0v) is 19.2. The third kappa shape index (κ3) is 4.70. The van der Waals surface area contributed by atoms with Crippen molar-refractivity contribution in [2.45, 2.75) is 23.7 Å². The Balaban J connectivity index is 1.60. The van der Waals surface area contributed by atoms with Crippen LogP contribution in [-0.2, 0) is 17.5 Å². The molecule has 1 fully saturated rings. The standard InChI is InChI=1S/C21H19ClF3N5O3S/c22-14-2-1-12(10-26)17(9-14)28-3-5-29(6-4-28)20-27-16(11-31)15-7-13(21(23,24)25)8-18(30(32)33)19(15)34-20/h1-2,7-9,11,16H,3-6,10,26H2. The summed E-state index contributed by atoms with van der Waals surface area (Å²) in [5.41, 5.74) is 5.70. The number of fused-ring (bicyclic) bond motifs is 1. The van der Waals surface area contributed by atoms with Gasteiger partial charge in [0.05, 0.1) is 15.4 Å². The van der Waals surface area contributed by atoms with Gasteiger partial charge in [0.2, 0.25) is 0 Å². The van der Waals surface area contributed by atoms with Crippen LogP contribution in [0.25, 0.3) is 0 Å². The van der Waals surface area contributed by atoms with E-state index in [9.17, 15) is 28.1 Å². The molecule has 34 heavy (non-hydrogen) atoms. The number of aliphatic imine (C=N–C) groups is 1. The fourth-order valence-electron chi connectivity index (χ4n) is 3.96. The Hall–Kier alpha value is -2.83. The van der Waals surface area contributed by atoms with Crippen molar-refractivity contribution >= 4 is 46.2 Å². The minimum Gasteiger partial charge on any atom is -0.368 e. The molecule has 2 N–H and O–H groups in total. The molecule has 2 aliphatic heterocycles. The van der Waals surface area contributed by atoms with Crippen LogP contribution >= 0.6 is 23.4 Å². The Morgan fingerprint density at radius 2 is 1.88 bits per heavy atom. The number of nitrogens with zero attached hydrogens (tertiary/aromatic N) is 4.